The van der Waals surface area contributed by atoms with Crippen LogP contribution in [0.5, 0.6) is 0 Å². The minimum absolute atomic E-state index is 0.0995. The number of hydrogen-bond donors (Lipinski definition) is 2. The van der Waals surface area contributed by atoms with E-state index in [9.17, 15) is 9.59 Å². The van der Waals surface area contributed by atoms with Gasteiger partial charge in [0, 0.05) is 13.1 Å². The quantitative estimate of drug-likeness (QED) is 0.646. The number of rotatable bonds is 4. The van der Waals surface area contributed by atoms with Crippen LogP contribution in [0.2, 0.25) is 0 Å². The van der Waals surface area contributed by atoms with Gasteiger partial charge in [-0.05, 0) is 13.8 Å². The largest absolute Gasteiger partial charge is 0.465 e. The van der Waals surface area contributed by atoms with Crippen LogP contribution >= 0.6 is 0 Å². The maximum absolute atomic E-state index is 10.5. The van der Waals surface area contributed by atoms with Crippen molar-refractivity contribution in [2.24, 2.45) is 0 Å². The van der Waals surface area contributed by atoms with Crippen LogP contribution in [0.15, 0.2) is 0 Å². The Bertz CT molecular complexity index is 175. The first-order chi connectivity index (χ1) is 6.02. The standard InChI is InChI=1S/C7H14N2O4/c1-3-8(6(10)11)5-9(4-2)7(12)13/h3-5H2,1-2H3,(H,10,11)(H,12,13). The molecule has 0 heterocycles. The lowest BCUT2D eigenvalue weighted by Gasteiger charge is -2.24. The fraction of sp³-hybridized carbons (Fsp3) is 0.714. The van der Waals surface area contributed by atoms with Crippen LogP contribution in [0.1, 0.15) is 13.8 Å². The predicted octanol–water partition coefficient (Wildman–Crippen LogP) is 0.944. The van der Waals surface area contributed by atoms with Crippen molar-refractivity contribution < 1.29 is 19.8 Å². The average Bonchev–Trinajstić information content (AvgIpc) is 2.05. The second-order valence-corrected chi connectivity index (χ2v) is 2.42. The molecule has 13 heavy (non-hydrogen) atoms. The highest BCUT2D eigenvalue weighted by atomic mass is 16.4. The maximum Gasteiger partial charge on any atom is 0.408 e. The number of carboxylic acid groups (broad SMARTS) is 2. The van der Waals surface area contributed by atoms with Crippen molar-refractivity contribution in [1.82, 2.24) is 9.80 Å². The van der Waals surface area contributed by atoms with Gasteiger partial charge in [0.1, 0.15) is 6.67 Å². The van der Waals surface area contributed by atoms with E-state index in [0.717, 1.165) is 9.80 Å². The minimum Gasteiger partial charge on any atom is -0.465 e. The van der Waals surface area contributed by atoms with Crippen LogP contribution in [0.25, 0.3) is 0 Å². The minimum atomic E-state index is -1.11. The molecular weight excluding hydrogens is 176 g/mol. The Labute approximate surface area is 76.4 Å². The zero-order chi connectivity index (χ0) is 10.4. The molecule has 6 nitrogen and oxygen atoms in total. The Kier molecular flexibility index (Phi) is 4.64. The number of amides is 2. The lowest BCUT2D eigenvalue weighted by atomic mass is 10.5. The number of hydrogen-bond acceptors (Lipinski definition) is 2. The first-order valence-electron chi connectivity index (χ1n) is 3.98. The Hall–Kier alpha value is -1.46. The van der Waals surface area contributed by atoms with Gasteiger partial charge in [-0.25, -0.2) is 9.59 Å². The van der Waals surface area contributed by atoms with E-state index in [1.807, 2.05) is 0 Å². The maximum atomic E-state index is 10.5. The van der Waals surface area contributed by atoms with E-state index in [1.165, 1.54) is 0 Å². The summed E-state index contributed by atoms with van der Waals surface area (Å²) < 4.78 is 0. The summed E-state index contributed by atoms with van der Waals surface area (Å²) in [5.41, 5.74) is 0. The van der Waals surface area contributed by atoms with Crippen molar-refractivity contribution in [3.63, 3.8) is 0 Å². The summed E-state index contributed by atoms with van der Waals surface area (Å²) in [4.78, 5) is 23.1. The van der Waals surface area contributed by atoms with Gasteiger partial charge >= 0.3 is 12.2 Å². The highest BCUT2D eigenvalue weighted by Crippen LogP contribution is 1.95. The molecule has 0 rings (SSSR count). The van der Waals surface area contributed by atoms with Crippen LogP contribution < -0.4 is 0 Å². The molecule has 0 saturated heterocycles. The zero-order valence-electron chi connectivity index (χ0n) is 7.73. The first-order valence-corrected chi connectivity index (χ1v) is 3.98. The van der Waals surface area contributed by atoms with Crippen LogP contribution in [0, 0.1) is 0 Å². The van der Waals surface area contributed by atoms with E-state index >= 15 is 0 Å². The molecule has 6 heteroatoms. The third kappa shape index (κ3) is 3.64. The van der Waals surface area contributed by atoms with Gasteiger partial charge in [0.05, 0.1) is 0 Å². The fourth-order valence-corrected chi connectivity index (χ4v) is 0.798. The van der Waals surface area contributed by atoms with Crippen LogP contribution in [0.3, 0.4) is 0 Å². The highest BCUT2D eigenvalue weighted by molar-refractivity contribution is 5.67. The molecule has 76 valence electrons. The van der Waals surface area contributed by atoms with Gasteiger partial charge in [-0.1, -0.05) is 0 Å². The number of nitrogens with zero attached hydrogens (tertiary/aromatic N) is 2. The van der Waals surface area contributed by atoms with Crippen molar-refractivity contribution in [3.05, 3.63) is 0 Å². The molecule has 0 aliphatic rings. The molecule has 0 unspecified atom stereocenters. The highest BCUT2D eigenvalue weighted by Gasteiger charge is 2.16. The third-order valence-electron chi connectivity index (χ3n) is 1.65. The van der Waals surface area contributed by atoms with Crippen LogP contribution in [-0.2, 0) is 0 Å². The average molecular weight is 190 g/mol. The summed E-state index contributed by atoms with van der Waals surface area (Å²) in [5.74, 6) is 0. The smallest absolute Gasteiger partial charge is 0.408 e. The van der Waals surface area contributed by atoms with Gasteiger partial charge in [0.25, 0.3) is 0 Å². The molecule has 0 fully saturated rings. The molecule has 0 atom stereocenters. The molecule has 0 spiro atoms. The summed E-state index contributed by atoms with van der Waals surface area (Å²) in [6.45, 7) is 3.77. The van der Waals surface area contributed by atoms with Crippen molar-refractivity contribution >= 4 is 12.2 Å². The zero-order valence-corrected chi connectivity index (χ0v) is 7.73. The molecule has 0 aromatic carbocycles. The Morgan fingerprint density at radius 2 is 1.31 bits per heavy atom. The second kappa shape index (κ2) is 5.23. The van der Waals surface area contributed by atoms with Crippen molar-refractivity contribution in [1.29, 1.82) is 0 Å². The summed E-state index contributed by atoms with van der Waals surface area (Å²) in [5, 5.41) is 17.2. The van der Waals surface area contributed by atoms with E-state index < -0.39 is 12.2 Å². The predicted molar refractivity (Wildman–Crippen MR) is 45.7 cm³/mol. The van der Waals surface area contributed by atoms with Gasteiger partial charge in [-0.3, -0.25) is 9.80 Å². The lowest BCUT2D eigenvalue weighted by Crippen LogP contribution is -2.43. The van der Waals surface area contributed by atoms with E-state index in [1.54, 1.807) is 13.8 Å². The molecule has 0 aliphatic heterocycles. The molecule has 0 aromatic rings. The van der Waals surface area contributed by atoms with Crippen molar-refractivity contribution in [2.45, 2.75) is 13.8 Å². The van der Waals surface area contributed by atoms with Crippen LogP contribution in [-0.4, -0.2) is 52.0 Å². The summed E-state index contributed by atoms with van der Waals surface area (Å²) in [6, 6.07) is 0. The van der Waals surface area contributed by atoms with E-state index in [4.69, 9.17) is 10.2 Å². The topological polar surface area (TPSA) is 81.1 Å². The number of carbonyl (C=O) groups is 2. The van der Waals surface area contributed by atoms with E-state index in [-0.39, 0.29) is 19.8 Å². The molecule has 0 radical (unpaired) electrons. The van der Waals surface area contributed by atoms with Gasteiger partial charge in [-0.15, -0.1) is 0 Å². The molecule has 0 aliphatic carbocycles. The van der Waals surface area contributed by atoms with Crippen LogP contribution in [0.4, 0.5) is 9.59 Å². The Morgan fingerprint density at radius 3 is 1.46 bits per heavy atom. The van der Waals surface area contributed by atoms with E-state index in [2.05, 4.69) is 0 Å². The van der Waals surface area contributed by atoms with E-state index in [0.29, 0.717) is 0 Å². The van der Waals surface area contributed by atoms with Crippen molar-refractivity contribution in [2.75, 3.05) is 19.8 Å². The van der Waals surface area contributed by atoms with Gasteiger partial charge in [0.15, 0.2) is 0 Å². The normalized spacial score (nSPS) is 9.38. The molecule has 2 N–H and O–H groups in total. The summed E-state index contributed by atoms with van der Waals surface area (Å²) >= 11 is 0. The fourth-order valence-electron chi connectivity index (χ4n) is 0.798. The summed E-state index contributed by atoms with van der Waals surface area (Å²) in [6.07, 6.45) is -2.22. The molecular formula is C7H14N2O4. The van der Waals surface area contributed by atoms with Gasteiger partial charge < -0.3 is 10.2 Å². The Balaban J connectivity index is 4.19. The van der Waals surface area contributed by atoms with Gasteiger partial charge in [0.2, 0.25) is 0 Å². The monoisotopic (exact) mass is 190 g/mol. The molecule has 0 bridgehead atoms. The first kappa shape index (κ1) is 11.5. The SMILES string of the molecule is CCN(CN(CC)C(=O)O)C(=O)O. The third-order valence-corrected chi connectivity index (χ3v) is 1.65. The molecule has 0 saturated carbocycles. The summed E-state index contributed by atoms with van der Waals surface area (Å²) in [7, 11) is 0. The van der Waals surface area contributed by atoms with Gasteiger partial charge in [-0.2, -0.15) is 0 Å². The Morgan fingerprint density at radius 1 is 1.00 bits per heavy atom. The van der Waals surface area contributed by atoms with Crippen molar-refractivity contribution in [3.8, 4) is 0 Å². The molecule has 2 amide bonds. The lowest BCUT2D eigenvalue weighted by molar-refractivity contribution is 0.0976. The molecule has 0 aromatic heterocycles. The second-order valence-electron chi connectivity index (χ2n) is 2.42.